The van der Waals surface area contributed by atoms with Crippen LogP contribution in [0.25, 0.3) is 5.57 Å². The summed E-state index contributed by atoms with van der Waals surface area (Å²) in [7, 11) is 0. The van der Waals surface area contributed by atoms with Crippen LogP contribution >= 0.6 is 0 Å². The fourth-order valence-electron chi connectivity index (χ4n) is 3.59. The standard InChI is InChI=1S/C21H21F3N2O2/c1-14-9-17(11-18(10-14)25-13-15-5-3-2-4-6-15)16-7-8-19(21(22,23)24)20(12-16)26(27)28/h2-8,11-12,14,18,25H,9-10,13H2,1H3/t14-,18-/m1/s1. The van der Waals surface area contributed by atoms with E-state index in [1.54, 1.807) is 0 Å². The van der Waals surface area contributed by atoms with E-state index in [1.807, 2.05) is 36.4 Å². The van der Waals surface area contributed by atoms with E-state index in [9.17, 15) is 23.3 Å². The highest BCUT2D eigenvalue weighted by Gasteiger charge is 2.38. The first-order chi connectivity index (χ1) is 13.2. The highest BCUT2D eigenvalue weighted by Crippen LogP contribution is 2.39. The summed E-state index contributed by atoms with van der Waals surface area (Å²) >= 11 is 0. The summed E-state index contributed by atoms with van der Waals surface area (Å²) in [6.07, 6.45) is -1.20. The van der Waals surface area contributed by atoms with Gasteiger partial charge in [-0.2, -0.15) is 13.2 Å². The lowest BCUT2D eigenvalue weighted by molar-refractivity contribution is -0.388. The molecule has 0 fully saturated rings. The summed E-state index contributed by atoms with van der Waals surface area (Å²) in [5.74, 6) is 0.314. The van der Waals surface area contributed by atoms with Crippen molar-refractivity contribution in [1.82, 2.24) is 5.32 Å². The van der Waals surface area contributed by atoms with Gasteiger partial charge in [-0.15, -0.1) is 0 Å². The van der Waals surface area contributed by atoms with Crippen molar-refractivity contribution < 1.29 is 18.1 Å². The molecule has 1 aliphatic carbocycles. The van der Waals surface area contributed by atoms with E-state index in [1.165, 1.54) is 6.07 Å². The number of nitrogens with one attached hydrogen (secondary N) is 1. The van der Waals surface area contributed by atoms with E-state index >= 15 is 0 Å². The molecule has 4 nitrogen and oxygen atoms in total. The van der Waals surface area contributed by atoms with Gasteiger partial charge in [-0.1, -0.05) is 49.4 Å². The van der Waals surface area contributed by atoms with Gasteiger partial charge < -0.3 is 5.32 Å². The Kier molecular flexibility index (Phi) is 5.84. The number of allylic oxidation sites excluding steroid dienone is 1. The molecular weight excluding hydrogens is 369 g/mol. The molecule has 2 aromatic carbocycles. The van der Waals surface area contributed by atoms with Crippen LogP contribution in [-0.2, 0) is 12.7 Å². The number of nitrogens with zero attached hydrogens (tertiary/aromatic N) is 1. The molecular formula is C21H21F3N2O2. The zero-order chi connectivity index (χ0) is 20.3. The molecule has 0 bridgehead atoms. The summed E-state index contributed by atoms with van der Waals surface area (Å²) in [6.45, 7) is 2.75. The number of nitro groups is 1. The molecule has 1 aliphatic rings. The van der Waals surface area contributed by atoms with E-state index in [-0.39, 0.29) is 6.04 Å². The minimum Gasteiger partial charge on any atom is -0.306 e. The number of alkyl halides is 3. The molecule has 0 heterocycles. The number of hydrogen-bond donors (Lipinski definition) is 1. The van der Waals surface area contributed by atoms with Gasteiger partial charge in [0, 0.05) is 18.7 Å². The fourth-order valence-corrected chi connectivity index (χ4v) is 3.59. The first-order valence-corrected chi connectivity index (χ1v) is 9.08. The Labute approximate surface area is 161 Å². The third-order valence-corrected chi connectivity index (χ3v) is 4.91. The Bertz CT molecular complexity index is 879. The van der Waals surface area contributed by atoms with Crippen LogP contribution in [0, 0.1) is 16.0 Å². The zero-order valence-electron chi connectivity index (χ0n) is 15.4. The molecule has 0 aromatic heterocycles. The summed E-state index contributed by atoms with van der Waals surface area (Å²) in [5.41, 5.74) is 0.321. The van der Waals surface area contributed by atoms with Crippen molar-refractivity contribution in [3.8, 4) is 0 Å². The Morgan fingerprint density at radius 2 is 1.89 bits per heavy atom. The lowest BCUT2D eigenvalue weighted by Crippen LogP contribution is -2.31. The molecule has 1 N–H and O–H groups in total. The lowest BCUT2D eigenvalue weighted by atomic mass is 9.84. The van der Waals surface area contributed by atoms with Gasteiger partial charge >= 0.3 is 6.18 Å². The molecule has 0 saturated carbocycles. The highest BCUT2D eigenvalue weighted by atomic mass is 19.4. The minimum absolute atomic E-state index is 0.0558. The van der Waals surface area contributed by atoms with E-state index in [0.29, 0.717) is 24.4 Å². The predicted octanol–water partition coefficient (Wildman–Crippen LogP) is 5.59. The monoisotopic (exact) mass is 390 g/mol. The summed E-state index contributed by atoms with van der Waals surface area (Å²) in [6, 6.07) is 13.1. The van der Waals surface area contributed by atoms with Crippen molar-refractivity contribution in [1.29, 1.82) is 0 Å². The Morgan fingerprint density at radius 3 is 2.54 bits per heavy atom. The molecule has 7 heteroatoms. The molecule has 3 rings (SSSR count). The Hall–Kier alpha value is -2.67. The third-order valence-electron chi connectivity index (χ3n) is 4.91. The molecule has 0 spiro atoms. The molecule has 0 amide bonds. The number of halogens is 3. The van der Waals surface area contributed by atoms with Gasteiger partial charge in [0.05, 0.1) is 4.92 Å². The van der Waals surface area contributed by atoms with Gasteiger partial charge in [-0.05, 0) is 41.5 Å². The number of rotatable bonds is 5. The summed E-state index contributed by atoms with van der Waals surface area (Å²) in [5, 5.41) is 14.6. The molecule has 148 valence electrons. The van der Waals surface area contributed by atoms with Gasteiger partial charge in [0.1, 0.15) is 5.56 Å². The zero-order valence-corrected chi connectivity index (χ0v) is 15.4. The van der Waals surface area contributed by atoms with Crippen LogP contribution in [0.2, 0.25) is 0 Å². The first-order valence-electron chi connectivity index (χ1n) is 9.08. The van der Waals surface area contributed by atoms with E-state index in [4.69, 9.17) is 0 Å². The van der Waals surface area contributed by atoms with Crippen LogP contribution in [0.5, 0.6) is 0 Å². The number of hydrogen-bond acceptors (Lipinski definition) is 3. The molecule has 2 aromatic rings. The van der Waals surface area contributed by atoms with Gasteiger partial charge in [-0.25, -0.2) is 0 Å². The van der Waals surface area contributed by atoms with Crippen molar-refractivity contribution in [2.24, 2.45) is 5.92 Å². The highest BCUT2D eigenvalue weighted by molar-refractivity contribution is 5.70. The first kappa shape index (κ1) is 20.1. The Morgan fingerprint density at radius 1 is 1.18 bits per heavy atom. The summed E-state index contributed by atoms with van der Waals surface area (Å²) in [4.78, 5) is 10.2. The van der Waals surface area contributed by atoms with Crippen LogP contribution in [0.1, 0.15) is 36.5 Å². The van der Waals surface area contributed by atoms with Crippen molar-refractivity contribution in [3.05, 3.63) is 81.4 Å². The van der Waals surface area contributed by atoms with Crippen LogP contribution in [0.3, 0.4) is 0 Å². The van der Waals surface area contributed by atoms with Crippen LogP contribution < -0.4 is 5.32 Å². The minimum atomic E-state index is -4.76. The van der Waals surface area contributed by atoms with Crippen molar-refractivity contribution in [2.45, 2.75) is 38.5 Å². The SMILES string of the molecule is C[C@@H]1CC(c2ccc(C(F)(F)F)c([N+](=O)[O-])c2)=C[C@H](NCc2ccccc2)C1. The van der Waals surface area contributed by atoms with Crippen LogP contribution in [0.15, 0.2) is 54.6 Å². The molecule has 2 atom stereocenters. The van der Waals surface area contributed by atoms with E-state index in [2.05, 4.69) is 12.2 Å². The number of nitro benzene ring substituents is 1. The van der Waals surface area contributed by atoms with Crippen LogP contribution in [0.4, 0.5) is 18.9 Å². The topological polar surface area (TPSA) is 55.2 Å². The average Bonchev–Trinajstić information content (AvgIpc) is 2.65. The fraction of sp³-hybridized carbons (Fsp3) is 0.333. The quantitative estimate of drug-likeness (QED) is 0.535. The second-order valence-corrected chi connectivity index (χ2v) is 7.20. The van der Waals surface area contributed by atoms with Crippen molar-refractivity contribution >= 4 is 11.3 Å². The van der Waals surface area contributed by atoms with Gasteiger partial charge in [0.15, 0.2) is 0 Å². The molecule has 0 aliphatic heterocycles. The van der Waals surface area contributed by atoms with Gasteiger partial charge in [-0.3, -0.25) is 10.1 Å². The third kappa shape index (κ3) is 4.78. The maximum absolute atomic E-state index is 13.0. The molecule has 28 heavy (non-hydrogen) atoms. The van der Waals surface area contributed by atoms with Crippen molar-refractivity contribution in [3.63, 3.8) is 0 Å². The summed E-state index contributed by atoms with van der Waals surface area (Å²) < 4.78 is 39.1. The molecule has 0 saturated heterocycles. The van der Waals surface area contributed by atoms with E-state index < -0.39 is 22.4 Å². The second kappa shape index (κ2) is 8.14. The van der Waals surface area contributed by atoms with Crippen LogP contribution in [-0.4, -0.2) is 11.0 Å². The maximum Gasteiger partial charge on any atom is 0.422 e. The smallest absolute Gasteiger partial charge is 0.306 e. The number of benzene rings is 2. The predicted molar refractivity (Wildman–Crippen MR) is 102 cm³/mol. The largest absolute Gasteiger partial charge is 0.422 e. The van der Waals surface area contributed by atoms with E-state index in [0.717, 1.165) is 29.7 Å². The van der Waals surface area contributed by atoms with Crippen molar-refractivity contribution in [2.75, 3.05) is 0 Å². The normalized spacial score (nSPS) is 19.9. The van der Waals surface area contributed by atoms with Gasteiger partial charge in [0.25, 0.3) is 5.69 Å². The van der Waals surface area contributed by atoms with Gasteiger partial charge in [0.2, 0.25) is 0 Å². The molecule has 0 unspecified atom stereocenters. The molecule has 0 radical (unpaired) electrons. The maximum atomic E-state index is 13.0. The second-order valence-electron chi connectivity index (χ2n) is 7.20. The average molecular weight is 390 g/mol. The Balaban J connectivity index is 1.85. The lowest BCUT2D eigenvalue weighted by Gasteiger charge is -2.27.